The van der Waals surface area contributed by atoms with Crippen molar-refractivity contribution >= 4 is 54.3 Å². The highest BCUT2D eigenvalue weighted by Gasteiger charge is 2.30. The standard InChI is InChI=1S/C24H28ClN3O6S2/c1-35(30,31)12-4-3-11-28(36(2,32)33)23-17(13-15-5-6-15)14-19-20(22(26)29)21(34-24(19)27-23)16-7-9-18(25)10-8-16/h7-10,14-15H,3-6,11-13H2,1-2H3,(H2,26,29). The van der Waals surface area contributed by atoms with Crippen LogP contribution in [0.4, 0.5) is 5.82 Å². The fourth-order valence-electron chi connectivity index (χ4n) is 4.15. The Kier molecular flexibility index (Phi) is 7.36. The van der Waals surface area contributed by atoms with Crippen molar-refractivity contribution in [3.05, 3.63) is 46.5 Å². The highest BCUT2D eigenvalue weighted by Crippen LogP contribution is 2.40. The number of carbonyl (C=O) groups is 1. The van der Waals surface area contributed by atoms with Crippen LogP contribution in [0.15, 0.2) is 34.7 Å². The number of sulfone groups is 1. The Hall–Kier alpha value is -2.63. The van der Waals surface area contributed by atoms with E-state index in [9.17, 15) is 21.6 Å². The lowest BCUT2D eigenvalue weighted by Gasteiger charge is -2.24. The van der Waals surface area contributed by atoms with Crippen molar-refractivity contribution in [2.75, 3.05) is 29.1 Å². The van der Waals surface area contributed by atoms with Crippen molar-refractivity contribution in [1.29, 1.82) is 0 Å². The number of sulfonamides is 1. The average molecular weight is 554 g/mol. The molecule has 36 heavy (non-hydrogen) atoms. The summed E-state index contributed by atoms with van der Waals surface area (Å²) in [5, 5.41) is 0.930. The summed E-state index contributed by atoms with van der Waals surface area (Å²) in [6.07, 6.45) is 5.53. The van der Waals surface area contributed by atoms with E-state index in [4.69, 9.17) is 21.8 Å². The van der Waals surface area contributed by atoms with Gasteiger partial charge < -0.3 is 10.2 Å². The van der Waals surface area contributed by atoms with Crippen molar-refractivity contribution in [2.45, 2.75) is 32.1 Å². The van der Waals surface area contributed by atoms with Gasteiger partial charge in [0.15, 0.2) is 0 Å². The number of carbonyl (C=O) groups excluding carboxylic acids is 1. The van der Waals surface area contributed by atoms with E-state index in [1.54, 1.807) is 30.3 Å². The van der Waals surface area contributed by atoms with Crippen LogP contribution in [0.5, 0.6) is 0 Å². The number of hydrogen-bond acceptors (Lipinski definition) is 7. The number of anilines is 1. The molecule has 2 heterocycles. The van der Waals surface area contributed by atoms with E-state index in [0.717, 1.165) is 25.4 Å². The molecule has 0 unspecified atom stereocenters. The van der Waals surface area contributed by atoms with Gasteiger partial charge in [-0.05, 0) is 73.9 Å². The van der Waals surface area contributed by atoms with Crippen molar-refractivity contribution < 1.29 is 26.0 Å². The van der Waals surface area contributed by atoms with E-state index in [1.807, 2.05) is 0 Å². The lowest BCUT2D eigenvalue weighted by molar-refractivity contribution is 0.100. The number of halogens is 1. The van der Waals surface area contributed by atoms with E-state index in [-0.39, 0.29) is 35.2 Å². The van der Waals surface area contributed by atoms with Gasteiger partial charge in [0.25, 0.3) is 5.91 Å². The summed E-state index contributed by atoms with van der Waals surface area (Å²) in [5.41, 5.74) is 7.24. The van der Waals surface area contributed by atoms with Crippen molar-refractivity contribution in [3.8, 4) is 11.3 Å². The molecule has 0 saturated heterocycles. The maximum Gasteiger partial charge on any atom is 0.253 e. The minimum absolute atomic E-state index is 0.0311. The number of hydrogen-bond donors (Lipinski definition) is 1. The number of primary amides is 1. The lowest BCUT2D eigenvalue weighted by atomic mass is 10.0. The van der Waals surface area contributed by atoms with Crippen molar-refractivity contribution in [1.82, 2.24) is 4.98 Å². The number of fused-ring (bicyclic) bond motifs is 1. The summed E-state index contributed by atoms with van der Waals surface area (Å²) in [6.45, 7) is 0.0674. The maximum atomic E-state index is 12.8. The van der Waals surface area contributed by atoms with Gasteiger partial charge in [-0.3, -0.25) is 9.10 Å². The Morgan fingerprint density at radius 1 is 1.14 bits per heavy atom. The van der Waals surface area contributed by atoms with Crippen LogP contribution in [-0.4, -0.2) is 52.5 Å². The molecular weight excluding hydrogens is 526 g/mol. The smallest absolute Gasteiger partial charge is 0.253 e. The van der Waals surface area contributed by atoms with Crippen molar-refractivity contribution in [2.24, 2.45) is 11.7 Å². The van der Waals surface area contributed by atoms with E-state index in [0.29, 0.717) is 46.7 Å². The molecule has 1 aliphatic carbocycles. The largest absolute Gasteiger partial charge is 0.437 e. The second-order valence-electron chi connectivity index (χ2n) is 9.32. The Morgan fingerprint density at radius 3 is 2.36 bits per heavy atom. The molecule has 0 aliphatic heterocycles. The molecule has 1 fully saturated rings. The molecule has 0 spiro atoms. The maximum absolute atomic E-state index is 12.8. The molecule has 2 aromatic heterocycles. The van der Waals surface area contributed by atoms with Gasteiger partial charge in [0.1, 0.15) is 21.4 Å². The highest BCUT2D eigenvalue weighted by molar-refractivity contribution is 7.92. The summed E-state index contributed by atoms with van der Waals surface area (Å²) in [7, 11) is -6.90. The fourth-order valence-corrected chi connectivity index (χ4v) is 5.94. The molecule has 9 nitrogen and oxygen atoms in total. The number of amides is 1. The predicted octanol–water partition coefficient (Wildman–Crippen LogP) is 3.79. The van der Waals surface area contributed by atoms with Crippen LogP contribution in [0, 0.1) is 5.92 Å². The van der Waals surface area contributed by atoms with Crippen LogP contribution in [0.25, 0.3) is 22.4 Å². The molecule has 194 valence electrons. The second-order valence-corrected chi connectivity index (χ2v) is 13.9. The summed E-state index contributed by atoms with van der Waals surface area (Å²) < 4.78 is 55.8. The molecule has 1 aliphatic rings. The first-order valence-electron chi connectivity index (χ1n) is 11.5. The zero-order chi connectivity index (χ0) is 26.3. The summed E-state index contributed by atoms with van der Waals surface area (Å²) in [6, 6.07) is 8.46. The Morgan fingerprint density at radius 2 is 1.81 bits per heavy atom. The van der Waals surface area contributed by atoms with E-state index in [1.165, 1.54) is 4.31 Å². The molecule has 1 amide bonds. The van der Waals surface area contributed by atoms with Gasteiger partial charge >= 0.3 is 0 Å². The van der Waals surface area contributed by atoms with Crippen LogP contribution in [0.1, 0.15) is 41.6 Å². The Bertz CT molecular complexity index is 1510. The van der Waals surface area contributed by atoms with Gasteiger partial charge in [0.2, 0.25) is 15.7 Å². The van der Waals surface area contributed by atoms with Crippen LogP contribution < -0.4 is 10.0 Å². The normalized spacial score (nSPS) is 14.3. The molecule has 0 bridgehead atoms. The van der Waals surface area contributed by atoms with Gasteiger partial charge in [-0.15, -0.1) is 0 Å². The quantitative estimate of drug-likeness (QED) is 0.356. The average Bonchev–Trinajstić information content (AvgIpc) is 3.50. The Labute approximate surface area is 215 Å². The first-order chi connectivity index (χ1) is 16.8. The molecule has 4 rings (SSSR count). The van der Waals surface area contributed by atoms with Crippen LogP contribution >= 0.6 is 11.6 Å². The van der Waals surface area contributed by atoms with E-state index >= 15 is 0 Å². The van der Waals surface area contributed by atoms with E-state index in [2.05, 4.69) is 4.98 Å². The zero-order valence-electron chi connectivity index (χ0n) is 20.0. The first kappa shape index (κ1) is 26.4. The third kappa shape index (κ3) is 6.19. The molecule has 12 heteroatoms. The van der Waals surface area contributed by atoms with Gasteiger partial charge in [0, 0.05) is 29.1 Å². The van der Waals surface area contributed by atoms with Crippen LogP contribution in [0.3, 0.4) is 0 Å². The molecule has 3 aromatic rings. The number of unbranched alkanes of at least 4 members (excludes halogenated alkanes) is 1. The number of nitrogens with two attached hydrogens (primary N) is 1. The predicted molar refractivity (Wildman–Crippen MR) is 141 cm³/mol. The third-order valence-corrected chi connectivity index (χ3v) is 8.50. The molecule has 1 aromatic carbocycles. The number of furan rings is 1. The molecule has 0 atom stereocenters. The number of nitrogens with zero attached hydrogens (tertiary/aromatic N) is 2. The van der Waals surface area contributed by atoms with Crippen LogP contribution in [0.2, 0.25) is 5.02 Å². The molecule has 1 saturated carbocycles. The van der Waals surface area contributed by atoms with Gasteiger partial charge in [-0.2, -0.15) is 4.98 Å². The summed E-state index contributed by atoms with van der Waals surface area (Å²) >= 11 is 6.00. The van der Waals surface area contributed by atoms with Crippen LogP contribution in [-0.2, 0) is 26.3 Å². The molecule has 2 N–H and O–H groups in total. The SMILES string of the molecule is CS(=O)(=O)CCCCN(c1nc2oc(-c3ccc(Cl)cc3)c(C(N)=O)c2cc1CC1CC1)S(C)(=O)=O. The lowest BCUT2D eigenvalue weighted by Crippen LogP contribution is -2.33. The monoisotopic (exact) mass is 553 g/mol. The topological polar surface area (TPSA) is 141 Å². The van der Waals surface area contributed by atoms with Gasteiger partial charge in [-0.1, -0.05) is 11.6 Å². The fraction of sp³-hybridized carbons (Fsp3) is 0.417. The number of rotatable bonds is 11. The zero-order valence-corrected chi connectivity index (χ0v) is 22.4. The second kappa shape index (κ2) is 10.0. The number of aromatic nitrogens is 1. The van der Waals surface area contributed by atoms with Gasteiger partial charge in [0.05, 0.1) is 17.2 Å². The van der Waals surface area contributed by atoms with E-state index < -0.39 is 25.8 Å². The third-order valence-electron chi connectivity index (χ3n) is 6.06. The highest BCUT2D eigenvalue weighted by atomic mass is 35.5. The summed E-state index contributed by atoms with van der Waals surface area (Å²) in [5.74, 6) is 0.135. The molecule has 0 radical (unpaired) electrons. The summed E-state index contributed by atoms with van der Waals surface area (Å²) in [4.78, 5) is 17.1. The minimum atomic E-state index is -3.74. The minimum Gasteiger partial charge on any atom is -0.437 e. The Balaban J connectivity index is 1.83. The number of pyridine rings is 1. The van der Waals surface area contributed by atoms with Gasteiger partial charge in [-0.25, -0.2) is 16.8 Å². The number of benzene rings is 1. The molecular formula is C24H28ClN3O6S2. The van der Waals surface area contributed by atoms with Crippen molar-refractivity contribution in [3.63, 3.8) is 0 Å². The first-order valence-corrected chi connectivity index (χ1v) is 15.8.